The van der Waals surface area contributed by atoms with Crippen LogP contribution in [0.15, 0.2) is 55.0 Å². The van der Waals surface area contributed by atoms with Gasteiger partial charge in [0.15, 0.2) is 0 Å². The molecule has 154 valence electrons. The van der Waals surface area contributed by atoms with Crippen LogP contribution in [0.4, 0.5) is 0 Å². The van der Waals surface area contributed by atoms with Crippen LogP contribution in [0.5, 0.6) is 0 Å². The zero-order chi connectivity index (χ0) is 20.2. The lowest BCUT2D eigenvalue weighted by molar-refractivity contribution is 0.238. The van der Waals surface area contributed by atoms with E-state index in [0.29, 0.717) is 0 Å². The molecular weight excluding hydrogens is 360 g/mol. The topological polar surface area (TPSA) is 59.7 Å². The van der Waals surface area contributed by atoms with E-state index in [2.05, 4.69) is 50.4 Å². The van der Waals surface area contributed by atoms with Crippen molar-refractivity contribution in [3.8, 4) is 0 Å². The molecule has 3 heterocycles. The van der Waals surface area contributed by atoms with E-state index in [1.165, 1.54) is 32.1 Å². The van der Waals surface area contributed by atoms with Gasteiger partial charge in [0.05, 0.1) is 17.1 Å². The Kier molecular flexibility index (Phi) is 8.79. The molecule has 3 rings (SSSR count). The lowest BCUT2D eigenvalue weighted by atomic mass is 10.1. The third-order valence-electron chi connectivity index (χ3n) is 4.94. The molecule has 0 amide bonds. The van der Waals surface area contributed by atoms with E-state index in [1.54, 1.807) is 0 Å². The molecule has 3 aromatic heterocycles. The predicted molar refractivity (Wildman–Crippen MR) is 115 cm³/mol. The molecule has 0 aliphatic carbocycles. The second kappa shape index (κ2) is 12.1. The molecule has 0 atom stereocenters. The third-order valence-corrected chi connectivity index (χ3v) is 4.94. The number of rotatable bonds is 13. The van der Waals surface area contributed by atoms with E-state index in [4.69, 9.17) is 0 Å². The molecule has 29 heavy (non-hydrogen) atoms. The lowest BCUT2D eigenvalue weighted by Gasteiger charge is -2.20. The van der Waals surface area contributed by atoms with Crippen molar-refractivity contribution in [1.82, 2.24) is 29.9 Å². The van der Waals surface area contributed by atoms with Gasteiger partial charge in [-0.3, -0.25) is 19.5 Å². The van der Waals surface area contributed by atoms with Crippen molar-refractivity contribution < 1.29 is 0 Å². The highest BCUT2D eigenvalue weighted by Gasteiger charge is 2.12. The molecule has 6 nitrogen and oxygen atoms in total. The van der Waals surface area contributed by atoms with E-state index in [9.17, 15) is 0 Å². The molecule has 0 aromatic carbocycles. The van der Waals surface area contributed by atoms with Crippen LogP contribution in [0.3, 0.4) is 0 Å². The Hall–Kier alpha value is -2.60. The summed E-state index contributed by atoms with van der Waals surface area (Å²) in [6.45, 7) is 5.43. The standard InChI is InChI=1S/C23H32N6/c1-2-3-4-5-6-11-16-29-20-23(26-27-29)19-28(17-21-12-7-9-14-24-21)18-22-13-8-10-15-25-22/h7-10,12-15,20H,2-6,11,16-19H2,1H3. The molecule has 0 aliphatic rings. The molecule has 0 bridgehead atoms. The van der Waals surface area contributed by atoms with Crippen molar-refractivity contribution in [2.75, 3.05) is 0 Å². The highest BCUT2D eigenvalue weighted by molar-refractivity contribution is 5.07. The number of hydrogen-bond donors (Lipinski definition) is 0. The molecule has 3 aromatic rings. The summed E-state index contributed by atoms with van der Waals surface area (Å²) in [6, 6.07) is 12.1. The minimum absolute atomic E-state index is 0.726. The molecule has 0 saturated heterocycles. The van der Waals surface area contributed by atoms with E-state index in [0.717, 1.165) is 49.7 Å². The van der Waals surface area contributed by atoms with Gasteiger partial charge >= 0.3 is 0 Å². The Morgan fingerprint density at radius 2 is 1.38 bits per heavy atom. The first-order valence-electron chi connectivity index (χ1n) is 10.7. The summed E-state index contributed by atoms with van der Waals surface area (Å²) in [4.78, 5) is 11.3. The van der Waals surface area contributed by atoms with Crippen molar-refractivity contribution in [1.29, 1.82) is 0 Å². The van der Waals surface area contributed by atoms with Crippen LogP contribution in [-0.2, 0) is 26.2 Å². The second-order valence-corrected chi connectivity index (χ2v) is 7.53. The fraction of sp³-hybridized carbons (Fsp3) is 0.478. The number of unbranched alkanes of at least 4 members (excludes halogenated alkanes) is 5. The minimum atomic E-state index is 0.726. The highest BCUT2D eigenvalue weighted by atomic mass is 15.4. The Balaban J connectivity index is 1.55. The van der Waals surface area contributed by atoms with Gasteiger partial charge in [-0.05, 0) is 30.7 Å². The van der Waals surface area contributed by atoms with Gasteiger partial charge in [-0.25, -0.2) is 0 Å². The first-order valence-corrected chi connectivity index (χ1v) is 10.7. The number of hydrogen-bond acceptors (Lipinski definition) is 5. The summed E-state index contributed by atoms with van der Waals surface area (Å²) in [5.41, 5.74) is 3.08. The van der Waals surface area contributed by atoms with Crippen molar-refractivity contribution in [2.45, 2.75) is 71.6 Å². The Morgan fingerprint density at radius 3 is 2.00 bits per heavy atom. The van der Waals surface area contributed by atoms with Gasteiger partial charge < -0.3 is 0 Å². The first kappa shape index (κ1) is 21.1. The van der Waals surface area contributed by atoms with Gasteiger partial charge in [0.1, 0.15) is 0 Å². The molecule has 0 spiro atoms. The third kappa shape index (κ3) is 7.74. The maximum atomic E-state index is 4.47. The van der Waals surface area contributed by atoms with Gasteiger partial charge in [-0.1, -0.05) is 56.4 Å². The normalized spacial score (nSPS) is 11.2. The van der Waals surface area contributed by atoms with E-state index in [-0.39, 0.29) is 0 Å². The molecular formula is C23H32N6. The molecule has 0 fully saturated rings. The monoisotopic (exact) mass is 392 g/mol. The Labute approximate surface area is 174 Å². The maximum Gasteiger partial charge on any atom is 0.0967 e. The van der Waals surface area contributed by atoms with Gasteiger partial charge in [0.2, 0.25) is 0 Å². The van der Waals surface area contributed by atoms with Crippen LogP contribution in [0.1, 0.15) is 62.5 Å². The molecule has 0 aliphatic heterocycles. The minimum Gasteiger partial charge on any atom is -0.286 e. The van der Waals surface area contributed by atoms with E-state index < -0.39 is 0 Å². The SMILES string of the molecule is CCCCCCCCn1cc(CN(Cc2ccccn2)Cc2ccccn2)nn1. The number of aromatic nitrogens is 5. The van der Waals surface area contributed by atoms with Crippen LogP contribution in [0, 0.1) is 0 Å². The van der Waals surface area contributed by atoms with Gasteiger partial charge in [-0.15, -0.1) is 5.10 Å². The maximum absolute atomic E-state index is 4.47. The van der Waals surface area contributed by atoms with E-state index in [1.807, 2.05) is 41.3 Å². The van der Waals surface area contributed by atoms with Crippen LogP contribution < -0.4 is 0 Å². The number of nitrogens with zero attached hydrogens (tertiary/aromatic N) is 6. The number of aryl methyl sites for hydroxylation is 1. The quantitative estimate of drug-likeness (QED) is 0.397. The zero-order valence-electron chi connectivity index (χ0n) is 17.5. The van der Waals surface area contributed by atoms with Crippen LogP contribution >= 0.6 is 0 Å². The summed E-state index contributed by atoms with van der Waals surface area (Å²) in [5, 5.41) is 8.72. The highest BCUT2D eigenvalue weighted by Crippen LogP contribution is 2.11. The van der Waals surface area contributed by atoms with Crippen molar-refractivity contribution in [3.05, 3.63) is 72.1 Å². The van der Waals surface area contributed by atoms with Crippen molar-refractivity contribution in [3.63, 3.8) is 0 Å². The van der Waals surface area contributed by atoms with Gasteiger partial charge in [0, 0.05) is 44.8 Å². The van der Waals surface area contributed by atoms with Gasteiger partial charge in [0.25, 0.3) is 0 Å². The fourth-order valence-corrected chi connectivity index (χ4v) is 3.41. The number of pyridine rings is 2. The first-order chi connectivity index (χ1) is 14.3. The summed E-state index contributed by atoms with van der Waals surface area (Å²) in [6.07, 6.45) is 13.5. The smallest absolute Gasteiger partial charge is 0.0967 e. The largest absolute Gasteiger partial charge is 0.286 e. The Bertz CT molecular complexity index is 761. The van der Waals surface area contributed by atoms with Crippen molar-refractivity contribution in [2.24, 2.45) is 0 Å². The van der Waals surface area contributed by atoms with Crippen LogP contribution in [-0.4, -0.2) is 29.9 Å². The lowest BCUT2D eigenvalue weighted by Crippen LogP contribution is -2.23. The summed E-state index contributed by atoms with van der Waals surface area (Å²) in [7, 11) is 0. The fourth-order valence-electron chi connectivity index (χ4n) is 3.41. The summed E-state index contributed by atoms with van der Waals surface area (Å²) in [5.74, 6) is 0. The predicted octanol–water partition coefficient (Wildman–Crippen LogP) is 4.63. The van der Waals surface area contributed by atoms with Crippen molar-refractivity contribution >= 4 is 0 Å². The zero-order valence-corrected chi connectivity index (χ0v) is 17.5. The van der Waals surface area contributed by atoms with Crippen LogP contribution in [0.25, 0.3) is 0 Å². The van der Waals surface area contributed by atoms with Crippen LogP contribution in [0.2, 0.25) is 0 Å². The molecule has 0 saturated carbocycles. The molecule has 0 radical (unpaired) electrons. The average Bonchev–Trinajstić information content (AvgIpc) is 3.19. The molecule has 0 unspecified atom stereocenters. The summed E-state index contributed by atoms with van der Waals surface area (Å²) < 4.78 is 1.98. The summed E-state index contributed by atoms with van der Waals surface area (Å²) >= 11 is 0. The average molecular weight is 393 g/mol. The Morgan fingerprint density at radius 1 is 0.759 bits per heavy atom. The molecule has 0 N–H and O–H groups in total. The van der Waals surface area contributed by atoms with Gasteiger partial charge in [-0.2, -0.15) is 0 Å². The molecule has 6 heteroatoms. The van der Waals surface area contributed by atoms with E-state index >= 15 is 0 Å². The second-order valence-electron chi connectivity index (χ2n) is 7.53.